The quantitative estimate of drug-likeness (QED) is 0.769. The van der Waals surface area contributed by atoms with Crippen molar-refractivity contribution in [2.24, 2.45) is 5.92 Å². The highest BCUT2D eigenvalue weighted by molar-refractivity contribution is 5.92. The first-order valence-electron chi connectivity index (χ1n) is 7.12. The highest BCUT2D eigenvalue weighted by atomic mass is 16.5. The highest BCUT2D eigenvalue weighted by Crippen LogP contribution is 2.19. The molecule has 120 valence electrons. The van der Waals surface area contributed by atoms with Crippen LogP contribution in [0.1, 0.15) is 12.8 Å². The van der Waals surface area contributed by atoms with E-state index in [2.05, 4.69) is 10.6 Å². The molecule has 1 aliphatic heterocycles. The molecular weight excluding hydrogens is 288 g/mol. The molecule has 1 saturated heterocycles. The van der Waals surface area contributed by atoms with Crippen LogP contribution in [0.4, 0.5) is 10.5 Å². The van der Waals surface area contributed by atoms with Gasteiger partial charge in [-0.05, 0) is 43.0 Å². The largest absolute Gasteiger partial charge is 0.497 e. The third kappa shape index (κ3) is 4.36. The number of aliphatic carboxylic acids is 1. The second kappa shape index (κ2) is 7.65. The molecule has 1 atom stereocenters. The SMILES string of the molecule is COc1ccc(NC(=O)N[C@H](C(=O)O)C2CCOCC2)cc1. The lowest BCUT2D eigenvalue weighted by Gasteiger charge is -2.28. The fourth-order valence-electron chi connectivity index (χ4n) is 2.41. The van der Waals surface area contributed by atoms with Crippen LogP contribution in [0, 0.1) is 5.92 Å². The Bertz CT molecular complexity index is 511. The van der Waals surface area contributed by atoms with Gasteiger partial charge in [-0.15, -0.1) is 0 Å². The molecule has 0 spiro atoms. The summed E-state index contributed by atoms with van der Waals surface area (Å²) in [6.07, 6.45) is 1.25. The van der Waals surface area contributed by atoms with E-state index in [-0.39, 0.29) is 5.92 Å². The van der Waals surface area contributed by atoms with Crippen molar-refractivity contribution in [1.82, 2.24) is 5.32 Å². The lowest BCUT2D eigenvalue weighted by molar-refractivity contribution is -0.141. The first-order valence-corrected chi connectivity index (χ1v) is 7.12. The molecule has 1 fully saturated rings. The molecular formula is C15H20N2O5. The van der Waals surface area contributed by atoms with Gasteiger partial charge in [0.15, 0.2) is 0 Å². The van der Waals surface area contributed by atoms with Crippen molar-refractivity contribution in [3.8, 4) is 5.75 Å². The van der Waals surface area contributed by atoms with Gasteiger partial charge in [0.1, 0.15) is 11.8 Å². The molecule has 2 amide bonds. The van der Waals surface area contributed by atoms with Gasteiger partial charge in [-0.25, -0.2) is 9.59 Å². The Morgan fingerprint density at radius 2 is 1.91 bits per heavy atom. The maximum atomic E-state index is 12.0. The lowest BCUT2D eigenvalue weighted by Crippen LogP contribution is -2.48. The molecule has 0 aromatic heterocycles. The maximum Gasteiger partial charge on any atom is 0.326 e. The van der Waals surface area contributed by atoms with E-state index < -0.39 is 18.0 Å². The zero-order chi connectivity index (χ0) is 15.9. The number of hydrogen-bond donors (Lipinski definition) is 3. The number of methoxy groups -OCH3 is 1. The number of amides is 2. The number of urea groups is 1. The molecule has 0 bridgehead atoms. The second-order valence-corrected chi connectivity index (χ2v) is 5.09. The van der Waals surface area contributed by atoms with Crippen LogP contribution in [0.25, 0.3) is 0 Å². The fourth-order valence-corrected chi connectivity index (χ4v) is 2.41. The van der Waals surface area contributed by atoms with E-state index in [4.69, 9.17) is 9.47 Å². The summed E-state index contributed by atoms with van der Waals surface area (Å²) in [5, 5.41) is 14.5. The Hall–Kier alpha value is -2.28. The Labute approximate surface area is 128 Å². The number of carbonyl (C=O) groups is 2. The number of carboxylic acid groups (broad SMARTS) is 1. The minimum absolute atomic E-state index is 0.118. The van der Waals surface area contributed by atoms with Gasteiger partial charge in [0, 0.05) is 18.9 Å². The third-order valence-electron chi connectivity index (χ3n) is 3.64. The van der Waals surface area contributed by atoms with E-state index in [0.717, 1.165) is 0 Å². The van der Waals surface area contributed by atoms with Gasteiger partial charge in [-0.2, -0.15) is 0 Å². The molecule has 1 aromatic carbocycles. The summed E-state index contributed by atoms with van der Waals surface area (Å²) in [5.41, 5.74) is 0.564. The van der Waals surface area contributed by atoms with Crippen molar-refractivity contribution < 1.29 is 24.2 Å². The van der Waals surface area contributed by atoms with Crippen LogP contribution < -0.4 is 15.4 Å². The predicted octanol–water partition coefficient (Wildman–Crippen LogP) is 1.70. The van der Waals surface area contributed by atoms with Crippen LogP contribution in [0.5, 0.6) is 5.75 Å². The number of carboxylic acids is 1. The van der Waals surface area contributed by atoms with Crippen LogP contribution in [-0.2, 0) is 9.53 Å². The maximum absolute atomic E-state index is 12.0. The van der Waals surface area contributed by atoms with Gasteiger partial charge >= 0.3 is 12.0 Å². The molecule has 1 aromatic rings. The van der Waals surface area contributed by atoms with Crippen molar-refractivity contribution in [3.63, 3.8) is 0 Å². The minimum Gasteiger partial charge on any atom is -0.497 e. The van der Waals surface area contributed by atoms with E-state index in [9.17, 15) is 14.7 Å². The van der Waals surface area contributed by atoms with Crippen LogP contribution in [0.3, 0.4) is 0 Å². The summed E-state index contributed by atoms with van der Waals surface area (Å²) in [6, 6.07) is 5.34. The van der Waals surface area contributed by atoms with Crippen LogP contribution >= 0.6 is 0 Å². The summed E-state index contributed by atoms with van der Waals surface area (Å²) in [4.78, 5) is 23.3. The van der Waals surface area contributed by atoms with Crippen LogP contribution in [-0.4, -0.2) is 43.5 Å². The minimum atomic E-state index is -1.03. The summed E-state index contributed by atoms with van der Waals surface area (Å²) >= 11 is 0. The number of rotatable bonds is 5. The number of ether oxygens (including phenoxy) is 2. The van der Waals surface area contributed by atoms with Crippen molar-refractivity contribution in [2.75, 3.05) is 25.6 Å². The molecule has 1 aliphatic rings. The number of carbonyl (C=O) groups excluding carboxylic acids is 1. The molecule has 7 nitrogen and oxygen atoms in total. The van der Waals surface area contributed by atoms with Crippen LogP contribution in [0.2, 0.25) is 0 Å². The molecule has 0 saturated carbocycles. The molecule has 2 rings (SSSR count). The Morgan fingerprint density at radius 3 is 2.45 bits per heavy atom. The summed E-state index contributed by atoms with van der Waals surface area (Å²) in [5.74, 6) is -0.471. The van der Waals surface area contributed by atoms with Crippen molar-refractivity contribution in [2.45, 2.75) is 18.9 Å². The summed E-state index contributed by atoms with van der Waals surface area (Å²) in [6.45, 7) is 1.05. The molecule has 0 radical (unpaired) electrons. The zero-order valence-electron chi connectivity index (χ0n) is 12.4. The van der Waals surface area contributed by atoms with Crippen molar-refractivity contribution >= 4 is 17.7 Å². The predicted molar refractivity (Wildman–Crippen MR) is 80.1 cm³/mol. The van der Waals surface area contributed by atoms with Gasteiger partial charge in [-0.3, -0.25) is 0 Å². The summed E-state index contributed by atoms with van der Waals surface area (Å²) in [7, 11) is 1.56. The molecule has 22 heavy (non-hydrogen) atoms. The number of nitrogens with one attached hydrogen (secondary N) is 2. The van der Waals surface area contributed by atoms with E-state index >= 15 is 0 Å². The highest BCUT2D eigenvalue weighted by Gasteiger charge is 2.31. The van der Waals surface area contributed by atoms with Crippen molar-refractivity contribution in [1.29, 1.82) is 0 Å². The molecule has 0 unspecified atom stereocenters. The van der Waals surface area contributed by atoms with Gasteiger partial charge in [-0.1, -0.05) is 0 Å². The Balaban J connectivity index is 1.93. The van der Waals surface area contributed by atoms with Gasteiger partial charge in [0.05, 0.1) is 7.11 Å². The number of hydrogen-bond acceptors (Lipinski definition) is 4. The van der Waals surface area contributed by atoms with E-state index in [1.54, 1.807) is 31.4 Å². The average Bonchev–Trinajstić information content (AvgIpc) is 2.54. The van der Waals surface area contributed by atoms with Gasteiger partial charge in [0.25, 0.3) is 0 Å². The average molecular weight is 308 g/mol. The van der Waals surface area contributed by atoms with Gasteiger partial charge in [0.2, 0.25) is 0 Å². The molecule has 1 heterocycles. The smallest absolute Gasteiger partial charge is 0.326 e. The summed E-state index contributed by atoms with van der Waals surface area (Å²) < 4.78 is 10.3. The third-order valence-corrected chi connectivity index (χ3v) is 3.64. The fraction of sp³-hybridized carbons (Fsp3) is 0.467. The normalized spacial score (nSPS) is 16.6. The number of anilines is 1. The van der Waals surface area contributed by atoms with Gasteiger partial charge < -0.3 is 25.2 Å². The zero-order valence-corrected chi connectivity index (χ0v) is 12.4. The Kier molecular flexibility index (Phi) is 5.60. The Morgan fingerprint density at radius 1 is 1.27 bits per heavy atom. The first-order chi connectivity index (χ1) is 10.6. The lowest BCUT2D eigenvalue weighted by atomic mass is 9.92. The topological polar surface area (TPSA) is 96.9 Å². The first kappa shape index (κ1) is 16.1. The molecule has 3 N–H and O–H groups in total. The molecule has 7 heteroatoms. The standard InChI is InChI=1S/C15H20N2O5/c1-21-12-4-2-11(3-5-12)16-15(20)17-13(14(18)19)10-6-8-22-9-7-10/h2-5,10,13H,6-9H2,1H3,(H,18,19)(H2,16,17,20)/t13-/m0/s1. The number of benzene rings is 1. The molecule has 0 aliphatic carbocycles. The van der Waals surface area contributed by atoms with E-state index in [1.165, 1.54) is 0 Å². The van der Waals surface area contributed by atoms with E-state index in [0.29, 0.717) is 37.5 Å². The van der Waals surface area contributed by atoms with Crippen molar-refractivity contribution in [3.05, 3.63) is 24.3 Å². The van der Waals surface area contributed by atoms with Crippen LogP contribution in [0.15, 0.2) is 24.3 Å². The second-order valence-electron chi connectivity index (χ2n) is 5.09. The van der Waals surface area contributed by atoms with E-state index in [1.807, 2.05) is 0 Å². The monoisotopic (exact) mass is 308 g/mol.